The summed E-state index contributed by atoms with van der Waals surface area (Å²) >= 11 is 11.6. The molecule has 12 heavy (non-hydrogen) atoms. The Balaban J connectivity index is 2.93. The molecule has 2 N–H and O–H groups in total. The standard InChI is InChI=1S/C7H5Cl2N3/c8-4-1-2-12-5(10)3-11-7(12)6(4)9/h1-3H,10H2. The van der Waals surface area contributed by atoms with Crippen LogP contribution in [0, 0.1) is 0 Å². The number of fused-ring (bicyclic) bond motifs is 1. The van der Waals surface area contributed by atoms with Crippen LogP contribution < -0.4 is 5.73 Å². The molecule has 2 heterocycles. The van der Waals surface area contributed by atoms with Gasteiger partial charge >= 0.3 is 0 Å². The molecule has 5 heteroatoms. The van der Waals surface area contributed by atoms with E-state index in [9.17, 15) is 0 Å². The minimum Gasteiger partial charge on any atom is -0.383 e. The maximum absolute atomic E-state index is 5.87. The van der Waals surface area contributed by atoms with Gasteiger partial charge in [-0.15, -0.1) is 0 Å². The highest BCUT2D eigenvalue weighted by Crippen LogP contribution is 2.26. The summed E-state index contributed by atoms with van der Waals surface area (Å²) in [4.78, 5) is 4.00. The van der Waals surface area contributed by atoms with Crippen LogP contribution in [0.2, 0.25) is 10.0 Å². The summed E-state index contributed by atoms with van der Waals surface area (Å²) in [6, 6.07) is 1.68. The Labute approximate surface area is 78.7 Å². The summed E-state index contributed by atoms with van der Waals surface area (Å²) in [7, 11) is 0. The Kier molecular flexibility index (Phi) is 1.63. The SMILES string of the molecule is Nc1cnc2c(Cl)c(Cl)ccn12. The number of halogens is 2. The number of nitrogens with zero attached hydrogens (tertiary/aromatic N) is 2. The maximum atomic E-state index is 5.87. The van der Waals surface area contributed by atoms with E-state index in [1.54, 1.807) is 16.7 Å². The number of nitrogen functional groups attached to an aromatic ring is 1. The van der Waals surface area contributed by atoms with Crippen LogP contribution in [0.1, 0.15) is 0 Å². The first-order valence-corrected chi connectivity index (χ1v) is 4.02. The van der Waals surface area contributed by atoms with Gasteiger partial charge in [-0.2, -0.15) is 0 Å². The number of hydrogen-bond acceptors (Lipinski definition) is 2. The Morgan fingerprint density at radius 1 is 1.42 bits per heavy atom. The molecule has 0 aromatic carbocycles. The minimum atomic E-state index is 0.427. The quantitative estimate of drug-likeness (QED) is 0.711. The molecule has 0 aliphatic rings. The van der Waals surface area contributed by atoms with Crippen LogP contribution in [0.15, 0.2) is 18.5 Å². The van der Waals surface area contributed by atoms with E-state index in [1.807, 2.05) is 0 Å². The highest BCUT2D eigenvalue weighted by atomic mass is 35.5. The third-order valence-corrected chi connectivity index (χ3v) is 2.39. The molecular weight excluding hydrogens is 197 g/mol. The fraction of sp³-hybridized carbons (Fsp3) is 0. The van der Waals surface area contributed by atoms with Crippen LogP contribution in [0.4, 0.5) is 5.82 Å². The largest absolute Gasteiger partial charge is 0.383 e. The molecule has 0 spiro atoms. The third-order valence-electron chi connectivity index (χ3n) is 1.60. The molecule has 2 rings (SSSR count). The second-order valence-electron chi connectivity index (χ2n) is 2.35. The van der Waals surface area contributed by atoms with Gasteiger partial charge < -0.3 is 5.73 Å². The van der Waals surface area contributed by atoms with E-state index in [0.29, 0.717) is 21.5 Å². The lowest BCUT2D eigenvalue weighted by atomic mass is 10.5. The molecule has 2 aromatic heterocycles. The lowest BCUT2D eigenvalue weighted by Gasteiger charge is -1.98. The Morgan fingerprint density at radius 2 is 2.17 bits per heavy atom. The van der Waals surface area contributed by atoms with Gasteiger partial charge in [0, 0.05) is 6.20 Å². The van der Waals surface area contributed by atoms with Crippen molar-refractivity contribution in [1.82, 2.24) is 9.38 Å². The summed E-state index contributed by atoms with van der Waals surface area (Å²) < 4.78 is 1.67. The van der Waals surface area contributed by atoms with Crippen LogP contribution in [0.3, 0.4) is 0 Å². The number of hydrogen-bond donors (Lipinski definition) is 1. The van der Waals surface area contributed by atoms with Crippen LogP contribution in [-0.2, 0) is 0 Å². The normalized spacial score (nSPS) is 10.8. The van der Waals surface area contributed by atoms with Crippen molar-refractivity contribution >= 4 is 34.7 Å². The maximum Gasteiger partial charge on any atom is 0.158 e. The molecule has 0 fully saturated rings. The van der Waals surface area contributed by atoms with Gasteiger partial charge in [0.15, 0.2) is 5.65 Å². The predicted octanol–water partition coefficient (Wildman–Crippen LogP) is 2.22. The number of nitrogens with two attached hydrogens (primary N) is 1. The number of pyridine rings is 1. The van der Waals surface area contributed by atoms with Crippen molar-refractivity contribution in [1.29, 1.82) is 0 Å². The average molecular weight is 202 g/mol. The van der Waals surface area contributed by atoms with Gasteiger partial charge in [-0.3, -0.25) is 4.40 Å². The van der Waals surface area contributed by atoms with Crippen molar-refractivity contribution in [2.45, 2.75) is 0 Å². The van der Waals surface area contributed by atoms with Crippen LogP contribution in [-0.4, -0.2) is 9.38 Å². The summed E-state index contributed by atoms with van der Waals surface area (Å²) in [6.45, 7) is 0. The molecule has 0 bridgehead atoms. The molecule has 0 amide bonds. The van der Waals surface area contributed by atoms with Crippen molar-refractivity contribution in [2.24, 2.45) is 0 Å². The molecule has 0 atom stereocenters. The number of aromatic nitrogens is 2. The predicted molar refractivity (Wildman–Crippen MR) is 49.6 cm³/mol. The van der Waals surface area contributed by atoms with Gasteiger partial charge in [0.25, 0.3) is 0 Å². The Morgan fingerprint density at radius 3 is 2.92 bits per heavy atom. The Bertz CT molecular complexity index is 435. The van der Waals surface area contributed by atoms with E-state index in [4.69, 9.17) is 28.9 Å². The first-order valence-electron chi connectivity index (χ1n) is 3.26. The van der Waals surface area contributed by atoms with Crippen LogP contribution >= 0.6 is 23.2 Å². The van der Waals surface area contributed by atoms with Gasteiger partial charge in [-0.1, -0.05) is 23.2 Å². The van der Waals surface area contributed by atoms with Gasteiger partial charge in [-0.25, -0.2) is 4.98 Å². The summed E-state index contributed by atoms with van der Waals surface area (Å²) in [5, 5.41) is 0.908. The molecule has 2 aromatic rings. The van der Waals surface area contributed by atoms with Crippen molar-refractivity contribution in [3.05, 3.63) is 28.5 Å². The molecule has 3 nitrogen and oxygen atoms in total. The topological polar surface area (TPSA) is 43.3 Å². The zero-order chi connectivity index (χ0) is 8.72. The van der Waals surface area contributed by atoms with Gasteiger partial charge in [0.05, 0.1) is 11.2 Å². The van der Waals surface area contributed by atoms with Gasteiger partial charge in [0.1, 0.15) is 10.8 Å². The first kappa shape index (κ1) is 7.71. The molecule has 0 aliphatic carbocycles. The second kappa shape index (κ2) is 2.54. The van der Waals surface area contributed by atoms with E-state index in [2.05, 4.69) is 4.98 Å². The molecule has 0 radical (unpaired) electrons. The third kappa shape index (κ3) is 0.940. The van der Waals surface area contributed by atoms with E-state index >= 15 is 0 Å². The van der Waals surface area contributed by atoms with Crippen LogP contribution in [0.5, 0.6) is 0 Å². The van der Waals surface area contributed by atoms with E-state index < -0.39 is 0 Å². The van der Waals surface area contributed by atoms with E-state index in [0.717, 1.165) is 0 Å². The smallest absolute Gasteiger partial charge is 0.158 e. The van der Waals surface area contributed by atoms with Crippen molar-refractivity contribution < 1.29 is 0 Å². The van der Waals surface area contributed by atoms with Crippen LogP contribution in [0.25, 0.3) is 5.65 Å². The zero-order valence-electron chi connectivity index (χ0n) is 5.96. The molecule has 62 valence electrons. The second-order valence-corrected chi connectivity index (χ2v) is 3.14. The summed E-state index contributed by atoms with van der Waals surface area (Å²) in [5.74, 6) is 0.545. The minimum absolute atomic E-state index is 0.427. The highest BCUT2D eigenvalue weighted by Gasteiger charge is 2.06. The van der Waals surface area contributed by atoms with Crippen molar-refractivity contribution in [3.63, 3.8) is 0 Å². The molecule has 0 unspecified atom stereocenters. The fourth-order valence-corrected chi connectivity index (χ4v) is 1.36. The monoisotopic (exact) mass is 201 g/mol. The van der Waals surface area contributed by atoms with Crippen molar-refractivity contribution in [3.8, 4) is 0 Å². The molecule has 0 aliphatic heterocycles. The fourth-order valence-electron chi connectivity index (χ4n) is 1.01. The highest BCUT2D eigenvalue weighted by molar-refractivity contribution is 6.43. The molecular formula is C7H5Cl2N3. The molecule has 0 saturated carbocycles. The van der Waals surface area contributed by atoms with E-state index in [1.165, 1.54) is 6.20 Å². The van der Waals surface area contributed by atoms with E-state index in [-0.39, 0.29) is 0 Å². The lowest BCUT2D eigenvalue weighted by Crippen LogP contribution is -1.91. The summed E-state index contributed by atoms with van der Waals surface area (Å²) in [5.41, 5.74) is 6.18. The lowest BCUT2D eigenvalue weighted by molar-refractivity contribution is 1.20. The number of imidazole rings is 1. The van der Waals surface area contributed by atoms with Gasteiger partial charge in [0.2, 0.25) is 0 Å². The number of rotatable bonds is 0. The number of anilines is 1. The molecule has 0 saturated heterocycles. The van der Waals surface area contributed by atoms with Crippen molar-refractivity contribution in [2.75, 3.05) is 5.73 Å². The zero-order valence-corrected chi connectivity index (χ0v) is 7.47. The Hall–Kier alpha value is -0.930. The van der Waals surface area contributed by atoms with Gasteiger partial charge in [-0.05, 0) is 6.07 Å². The summed E-state index contributed by atoms with van der Waals surface area (Å²) in [6.07, 6.45) is 3.27. The average Bonchev–Trinajstić information content (AvgIpc) is 2.41. The first-order chi connectivity index (χ1) is 5.70.